The molecule has 0 saturated carbocycles. The van der Waals surface area contributed by atoms with Gasteiger partial charge in [-0.25, -0.2) is 0 Å². The molecule has 4 amide bonds. The van der Waals surface area contributed by atoms with Crippen molar-refractivity contribution in [3.05, 3.63) is 83.9 Å². The van der Waals surface area contributed by atoms with Crippen LogP contribution in [0.15, 0.2) is 72.8 Å². The first-order chi connectivity index (χ1) is 24.3. The predicted molar refractivity (Wildman–Crippen MR) is 199 cm³/mol. The summed E-state index contributed by atoms with van der Waals surface area (Å²) in [4.78, 5) is 69.9. The minimum absolute atomic E-state index is 0.0183. The molecule has 0 aliphatic carbocycles. The first-order valence-corrected chi connectivity index (χ1v) is 18.1. The molecule has 0 radical (unpaired) electrons. The average Bonchev–Trinajstić information content (AvgIpc) is 3.09. The van der Waals surface area contributed by atoms with Crippen LogP contribution in [0.1, 0.15) is 65.0 Å². The molecule has 1 aliphatic rings. The van der Waals surface area contributed by atoms with Crippen molar-refractivity contribution in [2.45, 2.75) is 90.9 Å². The summed E-state index contributed by atoms with van der Waals surface area (Å²) >= 11 is 0. The van der Waals surface area contributed by atoms with E-state index < -0.39 is 41.9 Å². The van der Waals surface area contributed by atoms with Crippen LogP contribution in [0.3, 0.4) is 0 Å². The standard InChI is InChI=1S/C40H57N5O6/c1-27(2)23-33(37(47)29(5)6)42-40(50)35(25-31-15-11-8-12-16-31)44-39(49)34(24-28(3)4)43-38(48)32(18-17-30-13-9-7-10-14-30)41-36(46)26-45-19-21-51-22-20-45/h7-16,27-28,32-35H,5,17-26H2,1-4,6H3,(H,41,46)(H,42,50)(H,43,48)(H,44,49)/t32-,33-,34-,35-/m0/s1. The summed E-state index contributed by atoms with van der Waals surface area (Å²) in [5.74, 6) is -1.91. The summed E-state index contributed by atoms with van der Waals surface area (Å²) in [6.07, 6.45) is 1.75. The van der Waals surface area contributed by atoms with Crippen LogP contribution in [0.4, 0.5) is 0 Å². The summed E-state index contributed by atoms with van der Waals surface area (Å²) < 4.78 is 5.40. The zero-order valence-electron chi connectivity index (χ0n) is 30.9. The minimum atomic E-state index is -1.03. The van der Waals surface area contributed by atoms with Gasteiger partial charge in [0.05, 0.1) is 25.8 Å². The highest BCUT2D eigenvalue weighted by Crippen LogP contribution is 2.13. The Kier molecular flexibility index (Phi) is 17.0. The molecule has 1 fully saturated rings. The Labute approximate surface area is 303 Å². The third-order valence-electron chi connectivity index (χ3n) is 8.70. The third-order valence-corrected chi connectivity index (χ3v) is 8.70. The van der Waals surface area contributed by atoms with E-state index in [1.165, 1.54) is 0 Å². The summed E-state index contributed by atoms with van der Waals surface area (Å²) in [6.45, 7) is 15.7. The molecule has 11 nitrogen and oxygen atoms in total. The Morgan fingerprint density at radius 1 is 0.686 bits per heavy atom. The Bertz CT molecular complexity index is 1440. The van der Waals surface area contributed by atoms with Crippen molar-refractivity contribution in [1.82, 2.24) is 26.2 Å². The number of nitrogens with zero attached hydrogens (tertiary/aromatic N) is 1. The molecule has 4 N–H and O–H groups in total. The lowest BCUT2D eigenvalue weighted by Gasteiger charge is -2.29. The number of ketones is 1. The number of aryl methyl sites for hydroxylation is 1. The summed E-state index contributed by atoms with van der Waals surface area (Å²) in [6, 6.07) is 15.3. The molecular formula is C40H57N5O6. The van der Waals surface area contributed by atoms with Crippen LogP contribution in [-0.2, 0) is 41.6 Å². The van der Waals surface area contributed by atoms with Crippen LogP contribution < -0.4 is 21.3 Å². The van der Waals surface area contributed by atoms with Crippen molar-refractivity contribution >= 4 is 29.4 Å². The Morgan fingerprint density at radius 3 is 1.75 bits per heavy atom. The zero-order valence-corrected chi connectivity index (χ0v) is 30.9. The number of rotatable bonds is 20. The van der Waals surface area contributed by atoms with Crippen LogP contribution in [0, 0.1) is 11.8 Å². The monoisotopic (exact) mass is 703 g/mol. The van der Waals surface area contributed by atoms with Gasteiger partial charge >= 0.3 is 0 Å². The van der Waals surface area contributed by atoms with Crippen molar-refractivity contribution in [3.63, 3.8) is 0 Å². The molecule has 0 bridgehead atoms. The number of carbonyl (C=O) groups is 5. The van der Waals surface area contributed by atoms with Gasteiger partial charge in [0.25, 0.3) is 0 Å². The van der Waals surface area contributed by atoms with E-state index in [9.17, 15) is 24.0 Å². The second-order valence-electron chi connectivity index (χ2n) is 14.3. The molecule has 51 heavy (non-hydrogen) atoms. The molecule has 0 aromatic heterocycles. The highest BCUT2D eigenvalue weighted by Gasteiger charge is 2.32. The number of carbonyl (C=O) groups excluding carboxylic acids is 5. The molecule has 2 aromatic carbocycles. The van der Waals surface area contributed by atoms with Crippen LogP contribution in [0.5, 0.6) is 0 Å². The van der Waals surface area contributed by atoms with Gasteiger partial charge in [-0.05, 0) is 61.1 Å². The molecule has 0 spiro atoms. The second-order valence-corrected chi connectivity index (χ2v) is 14.3. The van der Waals surface area contributed by atoms with Crippen molar-refractivity contribution in [2.24, 2.45) is 11.8 Å². The fourth-order valence-electron chi connectivity index (χ4n) is 6.01. The van der Waals surface area contributed by atoms with Crippen LogP contribution in [-0.4, -0.2) is 91.3 Å². The fraction of sp³-hybridized carbons (Fsp3) is 0.525. The molecule has 2 aromatic rings. The highest BCUT2D eigenvalue weighted by atomic mass is 16.5. The van der Waals surface area contributed by atoms with Gasteiger partial charge in [0.2, 0.25) is 23.6 Å². The average molecular weight is 704 g/mol. The molecule has 1 aliphatic heterocycles. The van der Waals surface area contributed by atoms with E-state index in [1.807, 2.05) is 93.3 Å². The number of Topliss-reactive ketones (excluding diaryl/α,β-unsaturated/α-hetero) is 1. The van der Waals surface area contributed by atoms with E-state index in [4.69, 9.17) is 4.74 Å². The smallest absolute Gasteiger partial charge is 0.243 e. The maximum absolute atomic E-state index is 14.0. The first-order valence-electron chi connectivity index (χ1n) is 18.1. The SMILES string of the molecule is C=C(C)C(=O)[C@H](CC(C)C)NC(=O)[C@H](Cc1ccccc1)NC(=O)[C@H](CC(C)C)NC(=O)[C@H](CCc1ccccc1)NC(=O)CN1CCOCC1. The second kappa shape index (κ2) is 21.1. The molecule has 278 valence electrons. The lowest BCUT2D eigenvalue weighted by molar-refractivity contribution is -0.134. The van der Waals surface area contributed by atoms with Gasteiger partial charge in [-0.2, -0.15) is 0 Å². The summed E-state index contributed by atoms with van der Waals surface area (Å²) in [5, 5.41) is 11.6. The van der Waals surface area contributed by atoms with Gasteiger partial charge in [-0.1, -0.05) is 94.9 Å². The van der Waals surface area contributed by atoms with Gasteiger partial charge in [-0.3, -0.25) is 28.9 Å². The van der Waals surface area contributed by atoms with Crippen molar-refractivity contribution in [3.8, 4) is 0 Å². The minimum Gasteiger partial charge on any atom is -0.379 e. The largest absolute Gasteiger partial charge is 0.379 e. The van der Waals surface area contributed by atoms with Gasteiger partial charge in [0.15, 0.2) is 5.78 Å². The molecule has 1 saturated heterocycles. The van der Waals surface area contributed by atoms with Crippen LogP contribution in [0.25, 0.3) is 0 Å². The Morgan fingerprint density at radius 2 is 1.18 bits per heavy atom. The normalized spacial score (nSPS) is 15.7. The topological polar surface area (TPSA) is 146 Å². The number of hydrogen-bond acceptors (Lipinski definition) is 7. The van der Waals surface area contributed by atoms with Gasteiger partial charge in [0.1, 0.15) is 18.1 Å². The van der Waals surface area contributed by atoms with E-state index in [1.54, 1.807) is 6.92 Å². The number of nitrogens with one attached hydrogen (secondary N) is 4. The van der Waals surface area contributed by atoms with Crippen LogP contribution in [0.2, 0.25) is 0 Å². The van der Waals surface area contributed by atoms with Crippen molar-refractivity contribution < 1.29 is 28.7 Å². The number of hydrogen-bond donors (Lipinski definition) is 4. The number of morpholine rings is 1. The van der Waals surface area contributed by atoms with E-state index in [2.05, 4.69) is 27.8 Å². The maximum atomic E-state index is 14.0. The molecule has 11 heteroatoms. The fourth-order valence-corrected chi connectivity index (χ4v) is 6.01. The van der Waals surface area contributed by atoms with E-state index >= 15 is 0 Å². The van der Waals surface area contributed by atoms with Crippen molar-refractivity contribution in [2.75, 3.05) is 32.8 Å². The lowest BCUT2D eigenvalue weighted by Crippen LogP contribution is -2.59. The predicted octanol–water partition coefficient (Wildman–Crippen LogP) is 3.37. The molecular weight excluding hydrogens is 646 g/mol. The van der Waals surface area contributed by atoms with Gasteiger partial charge in [-0.15, -0.1) is 0 Å². The molecule has 4 atom stereocenters. The Hall–Kier alpha value is -4.35. The number of ether oxygens (including phenoxy) is 1. The van der Waals surface area contributed by atoms with E-state index in [-0.39, 0.29) is 36.5 Å². The molecule has 1 heterocycles. The third kappa shape index (κ3) is 14.8. The lowest BCUT2D eigenvalue weighted by atomic mass is 9.96. The number of benzene rings is 2. The van der Waals surface area contributed by atoms with Gasteiger partial charge in [0, 0.05) is 19.5 Å². The quantitative estimate of drug-likeness (QED) is 0.155. The molecule has 0 unspecified atom stereocenters. The summed E-state index contributed by atoms with van der Waals surface area (Å²) in [7, 11) is 0. The number of amides is 4. The Balaban J connectivity index is 1.82. The van der Waals surface area contributed by atoms with E-state index in [0.29, 0.717) is 57.6 Å². The maximum Gasteiger partial charge on any atom is 0.243 e. The van der Waals surface area contributed by atoms with Crippen molar-refractivity contribution in [1.29, 1.82) is 0 Å². The zero-order chi connectivity index (χ0) is 37.3. The summed E-state index contributed by atoms with van der Waals surface area (Å²) in [5.41, 5.74) is 2.17. The van der Waals surface area contributed by atoms with Crippen LogP contribution >= 0.6 is 0 Å². The highest BCUT2D eigenvalue weighted by molar-refractivity contribution is 6.01. The molecule has 3 rings (SSSR count). The van der Waals surface area contributed by atoms with Gasteiger partial charge < -0.3 is 26.0 Å². The van der Waals surface area contributed by atoms with E-state index in [0.717, 1.165) is 11.1 Å². The first kappa shape index (κ1) is 41.1.